The molecule has 0 bridgehead atoms. The fraction of sp³-hybridized carbons (Fsp3) is 0.962. The van der Waals surface area contributed by atoms with Crippen LogP contribution in [0.25, 0.3) is 0 Å². The van der Waals surface area contributed by atoms with E-state index in [-0.39, 0.29) is 25.4 Å². The van der Waals surface area contributed by atoms with Crippen LogP contribution in [0.15, 0.2) is 0 Å². The molecule has 0 saturated heterocycles. The van der Waals surface area contributed by atoms with Gasteiger partial charge in [-0.05, 0) is 25.9 Å². The van der Waals surface area contributed by atoms with Crippen molar-refractivity contribution in [1.29, 1.82) is 0 Å². The molecular weight excluding hydrogens is 365 g/mol. The van der Waals surface area contributed by atoms with Gasteiger partial charge in [0, 0.05) is 18.9 Å². The maximum Gasteiger partial charge on any atom is 0.317 e. The van der Waals surface area contributed by atoms with Crippen molar-refractivity contribution in [2.24, 2.45) is 0 Å². The number of carbonyl (C=O) groups is 1. The normalized spacial score (nSPS) is 11.0. The van der Waals surface area contributed by atoms with E-state index in [9.17, 15) is 4.79 Å². The van der Waals surface area contributed by atoms with Gasteiger partial charge in [0.25, 0.3) is 0 Å². The van der Waals surface area contributed by atoms with Crippen molar-refractivity contribution in [3.8, 4) is 0 Å². The van der Waals surface area contributed by atoms with Crippen LogP contribution in [0.2, 0.25) is 0 Å². The Morgan fingerprint density at radius 3 is 1.07 bits per heavy atom. The van der Waals surface area contributed by atoms with Crippen molar-refractivity contribution in [3.63, 3.8) is 0 Å². The molecule has 0 saturated carbocycles. The van der Waals surface area contributed by atoms with Gasteiger partial charge in [0.1, 0.15) is 0 Å². The Morgan fingerprint density at radius 1 is 0.533 bits per heavy atom. The summed E-state index contributed by atoms with van der Waals surface area (Å²) in [7, 11) is 0. The molecule has 0 aromatic rings. The van der Waals surface area contributed by atoms with Crippen LogP contribution in [0.3, 0.4) is 0 Å². The molecule has 0 fully saturated rings. The minimum atomic E-state index is -0.677. The number of hydrogen-bond acceptors (Lipinski definition) is 2. The molecule has 30 heavy (non-hydrogen) atoms. The maximum atomic E-state index is 11.1. The molecule has 0 heterocycles. The fourth-order valence-corrected chi connectivity index (χ4v) is 4.11. The summed E-state index contributed by atoms with van der Waals surface area (Å²) in [6, 6.07) is 0. The molecule has 0 unspecified atom stereocenters. The zero-order valence-electron chi connectivity index (χ0n) is 21.1. The van der Waals surface area contributed by atoms with Crippen LogP contribution in [0.5, 0.6) is 0 Å². The van der Waals surface area contributed by atoms with Gasteiger partial charge in [-0.15, -0.1) is 0 Å². The Labute approximate surface area is 201 Å². The molecule has 1 N–H and O–H groups in total. The van der Waals surface area contributed by atoms with Crippen molar-refractivity contribution >= 4 is 24.8 Å². The number of unbranched alkanes of at least 4 members (excludes halogenated alkanes) is 18. The zero-order chi connectivity index (χ0) is 21.4. The summed E-state index contributed by atoms with van der Waals surface area (Å²) in [5, 5.41) is 9.16. The standard InChI is InChI=1S/C26H53NO2.Li/c1-3-5-7-9-11-13-15-17-19-21-23-27(25-26(28)29)24-22-20-18-16-14-12-10-8-6-4-2;/h3-25H2,1-2H3,(H,28,29);. The smallest absolute Gasteiger partial charge is 0.317 e. The van der Waals surface area contributed by atoms with Gasteiger partial charge in [-0.1, -0.05) is 129 Å². The van der Waals surface area contributed by atoms with Crippen molar-refractivity contribution in [2.75, 3.05) is 19.6 Å². The quantitative estimate of drug-likeness (QED) is 0.128. The summed E-state index contributed by atoms with van der Waals surface area (Å²) in [5.41, 5.74) is 0. The van der Waals surface area contributed by atoms with Crippen LogP contribution in [0.1, 0.15) is 142 Å². The van der Waals surface area contributed by atoms with Crippen LogP contribution in [-0.2, 0) is 4.79 Å². The molecule has 0 aromatic heterocycles. The molecule has 0 aliphatic rings. The molecule has 0 aliphatic carbocycles. The molecule has 0 rings (SSSR count). The molecule has 175 valence electrons. The number of hydrogen-bond donors (Lipinski definition) is 1. The fourth-order valence-electron chi connectivity index (χ4n) is 4.11. The second-order valence-electron chi connectivity index (χ2n) is 9.03. The second kappa shape index (κ2) is 27.1. The van der Waals surface area contributed by atoms with Crippen LogP contribution >= 0.6 is 0 Å². The molecule has 4 heteroatoms. The topological polar surface area (TPSA) is 40.5 Å². The Balaban J connectivity index is 0. The largest absolute Gasteiger partial charge is 0.480 e. The molecule has 0 spiro atoms. The van der Waals surface area contributed by atoms with Gasteiger partial charge in [0.2, 0.25) is 0 Å². The van der Waals surface area contributed by atoms with Gasteiger partial charge in [0.15, 0.2) is 0 Å². The van der Waals surface area contributed by atoms with Crippen LogP contribution < -0.4 is 0 Å². The third-order valence-corrected chi connectivity index (χ3v) is 6.01. The van der Waals surface area contributed by atoms with E-state index >= 15 is 0 Å². The summed E-state index contributed by atoms with van der Waals surface area (Å²) >= 11 is 0. The minimum Gasteiger partial charge on any atom is -0.480 e. The second-order valence-corrected chi connectivity index (χ2v) is 9.03. The number of carboxylic acid groups (broad SMARTS) is 1. The van der Waals surface area contributed by atoms with Crippen LogP contribution in [0, 0.1) is 0 Å². The Morgan fingerprint density at radius 2 is 0.800 bits per heavy atom. The Hall–Kier alpha value is 0.0274. The first-order valence-electron chi connectivity index (χ1n) is 13.1. The van der Waals surface area contributed by atoms with E-state index in [0.29, 0.717) is 0 Å². The number of rotatable bonds is 24. The van der Waals surface area contributed by atoms with E-state index in [1.807, 2.05) is 0 Å². The van der Waals surface area contributed by atoms with Crippen LogP contribution in [0.4, 0.5) is 0 Å². The number of aliphatic carboxylic acids is 1. The first kappa shape index (κ1) is 32.2. The van der Waals surface area contributed by atoms with Gasteiger partial charge in [-0.2, -0.15) is 0 Å². The monoisotopic (exact) mass is 418 g/mol. The Bertz CT molecular complexity index is 315. The predicted molar refractivity (Wildman–Crippen MR) is 134 cm³/mol. The summed E-state index contributed by atoms with van der Waals surface area (Å²) in [4.78, 5) is 13.3. The zero-order valence-corrected chi connectivity index (χ0v) is 21.1. The number of carboxylic acids is 1. The molecule has 0 aliphatic heterocycles. The first-order chi connectivity index (χ1) is 14.2. The van der Waals surface area contributed by atoms with E-state index in [1.54, 1.807) is 0 Å². The van der Waals surface area contributed by atoms with E-state index in [0.717, 1.165) is 25.9 Å². The van der Waals surface area contributed by atoms with Crippen molar-refractivity contribution < 1.29 is 9.90 Å². The molecule has 1 radical (unpaired) electrons. The van der Waals surface area contributed by atoms with Gasteiger partial charge in [-0.25, -0.2) is 0 Å². The third kappa shape index (κ3) is 26.1. The van der Waals surface area contributed by atoms with E-state index in [1.165, 1.54) is 116 Å². The van der Waals surface area contributed by atoms with Crippen molar-refractivity contribution in [2.45, 2.75) is 142 Å². The van der Waals surface area contributed by atoms with Crippen LogP contribution in [-0.4, -0.2) is 54.5 Å². The SMILES string of the molecule is CCCCCCCCCCCCN(CCCCCCCCCCCC)CC(=O)O.[Li]. The molecule has 0 atom stereocenters. The third-order valence-electron chi connectivity index (χ3n) is 6.01. The van der Waals surface area contributed by atoms with Gasteiger partial charge >= 0.3 is 5.97 Å². The van der Waals surface area contributed by atoms with Gasteiger partial charge in [-0.3, -0.25) is 9.69 Å². The first-order valence-corrected chi connectivity index (χ1v) is 13.1. The molecule has 0 amide bonds. The van der Waals surface area contributed by atoms with Gasteiger partial charge < -0.3 is 5.11 Å². The van der Waals surface area contributed by atoms with Gasteiger partial charge in [0.05, 0.1) is 6.54 Å². The average molecular weight is 419 g/mol. The van der Waals surface area contributed by atoms with E-state index in [4.69, 9.17) is 5.11 Å². The predicted octanol–water partition coefficient (Wildman–Crippen LogP) is 7.83. The summed E-state index contributed by atoms with van der Waals surface area (Å²) < 4.78 is 0. The summed E-state index contributed by atoms with van der Waals surface area (Å²) in [6.07, 6.45) is 26.7. The Kier molecular flexibility index (Phi) is 29.1. The minimum absolute atomic E-state index is 0. The number of nitrogens with zero attached hydrogens (tertiary/aromatic N) is 1. The van der Waals surface area contributed by atoms with E-state index < -0.39 is 5.97 Å². The summed E-state index contributed by atoms with van der Waals surface area (Å²) in [6.45, 7) is 6.67. The average Bonchev–Trinajstić information content (AvgIpc) is 2.70. The van der Waals surface area contributed by atoms with Crippen molar-refractivity contribution in [3.05, 3.63) is 0 Å². The maximum absolute atomic E-state index is 11.1. The summed E-state index contributed by atoms with van der Waals surface area (Å²) in [5.74, 6) is -0.677. The molecular formula is C26H53LiNO2. The molecule has 3 nitrogen and oxygen atoms in total. The van der Waals surface area contributed by atoms with E-state index in [2.05, 4.69) is 18.7 Å². The molecule has 0 aromatic carbocycles. The van der Waals surface area contributed by atoms with Crippen molar-refractivity contribution in [1.82, 2.24) is 4.90 Å².